The second-order valence-corrected chi connectivity index (χ2v) is 3.34. The molecule has 0 fully saturated rings. The summed E-state index contributed by atoms with van der Waals surface area (Å²) in [6.07, 6.45) is 3.10. The Morgan fingerprint density at radius 3 is 3.00 bits per heavy atom. The standard InChI is InChI=1S/C8H6N2O2S/c11-13(12)8-4-7-6(5-10-8)2-1-3-9-7/h1-5H,(H,11,12)/p-1. The number of fused-ring (bicyclic) bond motifs is 1. The molecule has 13 heavy (non-hydrogen) atoms. The first kappa shape index (κ1) is 8.28. The summed E-state index contributed by atoms with van der Waals surface area (Å²) in [5.41, 5.74) is 0.636. The molecule has 0 N–H and O–H groups in total. The van der Waals surface area contributed by atoms with Crippen LogP contribution in [0.25, 0.3) is 10.9 Å². The summed E-state index contributed by atoms with van der Waals surface area (Å²) >= 11 is -2.29. The predicted molar refractivity (Wildman–Crippen MR) is 46.7 cm³/mol. The number of rotatable bonds is 1. The molecule has 1 atom stereocenters. The van der Waals surface area contributed by atoms with Crippen molar-refractivity contribution in [1.29, 1.82) is 0 Å². The van der Waals surface area contributed by atoms with Crippen molar-refractivity contribution in [2.24, 2.45) is 0 Å². The molecule has 66 valence electrons. The Morgan fingerprint density at radius 1 is 1.38 bits per heavy atom. The van der Waals surface area contributed by atoms with Crippen molar-refractivity contribution in [3.05, 3.63) is 30.6 Å². The van der Waals surface area contributed by atoms with Gasteiger partial charge in [0, 0.05) is 17.8 Å². The van der Waals surface area contributed by atoms with E-state index >= 15 is 0 Å². The van der Waals surface area contributed by atoms with E-state index in [0.717, 1.165) is 5.39 Å². The Morgan fingerprint density at radius 2 is 2.23 bits per heavy atom. The topological polar surface area (TPSA) is 65.9 Å². The van der Waals surface area contributed by atoms with E-state index in [-0.39, 0.29) is 5.03 Å². The Labute approximate surface area is 76.9 Å². The number of aromatic nitrogens is 2. The molecule has 2 aromatic rings. The maximum absolute atomic E-state index is 10.6. The highest BCUT2D eigenvalue weighted by Gasteiger charge is 1.97. The van der Waals surface area contributed by atoms with Gasteiger partial charge in [-0.3, -0.25) is 9.19 Å². The monoisotopic (exact) mass is 193 g/mol. The van der Waals surface area contributed by atoms with Crippen molar-refractivity contribution in [2.75, 3.05) is 0 Å². The van der Waals surface area contributed by atoms with Gasteiger partial charge < -0.3 is 4.55 Å². The molecule has 5 heteroatoms. The van der Waals surface area contributed by atoms with Crippen LogP contribution in [0.2, 0.25) is 0 Å². The van der Waals surface area contributed by atoms with Gasteiger partial charge in [-0.05, 0) is 29.3 Å². The summed E-state index contributed by atoms with van der Waals surface area (Å²) in [5, 5.41) is 0.850. The molecule has 0 bridgehead atoms. The fraction of sp³-hybridized carbons (Fsp3) is 0. The Bertz CT molecular complexity index is 472. The summed E-state index contributed by atoms with van der Waals surface area (Å²) in [6.45, 7) is 0. The second-order valence-electron chi connectivity index (χ2n) is 2.45. The molecular weight excluding hydrogens is 188 g/mol. The molecule has 1 unspecified atom stereocenters. The summed E-state index contributed by atoms with van der Waals surface area (Å²) in [6, 6.07) is 5.04. The molecule has 0 aliphatic carbocycles. The fourth-order valence-electron chi connectivity index (χ4n) is 1.04. The van der Waals surface area contributed by atoms with Gasteiger partial charge >= 0.3 is 0 Å². The minimum Gasteiger partial charge on any atom is -0.767 e. The molecule has 0 amide bonds. The molecule has 0 radical (unpaired) electrons. The van der Waals surface area contributed by atoms with Crippen LogP contribution >= 0.6 is 0 Å². The minimum atomic E-state index is -2.29. The second kappa shape index (κ2) is 3.20. The van der Waals surface area contributed by atoms with Gasteiger partial charge in [0.05, 0.1) is 5.52 Å². The summed E-state index contributed by atoms with van der Waals surface area (Å²) in [4.78, 5) is 7.76. The molecule has 2 rings (SSSR count). The summed E-state index contributed by atoms with van der Waals surface area (Å²) in [7, 11) is 0. The van der Waals surface area contributed by atoms with Crippen LogP contribution in [-0.4, -0.2) is 18.7 Å². The predicted octanol–water partition coefficient (Wildman–Crippen LogP) is 0.868. The van der Waals surface area contributed by atoms with E-state index in [0.29, 0.717) is 5.52 Å². The van der Waals surface area contributed by atoms with E-state index in [1.807, 2.05) is 6.07 Å². The first-order valence-corrected chi connectivity index (χ1v) is 4.65. The normalized spacial score (nSPS) is 13.0. The van der Waals surface area contributed by atoms with E-state index in [4.69, 9.17) is 0 Å². The Kier molecular flexibility index (Phi) is 2.03. The highest BCUT2D eigenvalue weighted by molar-refractivity contribution is 7.79. The van der Waals surface area contributed by atoms with E-state index in [9.17, 15) is 8.76 Å². The molecule has 2 aromatic heterocycles. The lowest BCUT2D eigenvalue weighted by Gasteiger charge is -2.03. The quantitative estimate of drug-likeness (QED) is 0.630. The van der Waals surface area contributed by atoms with Gasteiger partial charge in [-0.25, -0.2) is 4.98 Å². The molecule has 0 aromatic carbocycles. The van der Waals surface area contributed by atoms with Crippen molar-refractivity contribution in [3.63, 3.8) is 0 Å². The molecule has 2 heterocycles. The fourth-order valence-corrected chi connectivity index (χ4v) is 1.38. The van der Waals surface area contributed by atoms with Crippen molar-refractivity contribution < 1.29 is 8.76 Å². The first-order chi connectivity index (χ1) is 6.27. The zero-order valence-electron chi connectivity index (χ0n) is 6.51. The number of hydrogen-bond acceptors (Lipinski definition) is 4. The van der Waals surface area contributed by atoms with Crippen LogP contribution in [0.15, 0.2) is 35.6 Å². The lowest BCUT2D eigenvalue weighted by molar-refractivity contribution is 0.533. The maximum atomic E-state index is 10.6. The average molecular weight is 193 g/mol. The highest BCUT2D eigenvalue weighted by Crippen LogP contribution is 2.11. The van der Waals surface area contributed by atoms with Crippen LogP contribution in [-0.2, 0) is 11.1 Å². The largest absolute Gasteiger partial charge is 0.767 e. The van der Waals surface area contributed by atoms with Crippen LogP contribution in [0.1, 0.15) is 0 Å². The maximum Gasteiger partial charge on any atom is 0.115 e. The van der Waals surface area contributed by atoms with Crippen LogP contribution in [0, 0.1) is 0 Å². The van der Waals surface area contributed by atoms with Crippen LogP contribution in [0.4, 0.5) is 0 Å². The van der Waals surface area contributed by atoms with Crippen LogP contribution in [0.5, 0.6) is 0 Å². The smallest absolute Gasteiger partial charge is 0.115 e. The molecular formula is C8H5N2O2S-. The third kappa shape index (κ3) is 1.56. The lowest BCUT2D eigenvalue weighted by Crippen LogP contribution is -1.93. The van der Waals surface area contributed by atoms with E-state index < -0.39 is 11.1 Å². The number of hydrogen-bond donors (Lipinski definition) is 0. The van der Waals surface area contributed by atoms with Crippen molar-refractivity contribution in [3.8, 4) is 0 Å². The summed E-state index contributed by atoms with van der Waals surface area (Å²) in [5.74, 6) is 0. The van der Waals surface area contributed by atoms with Crippen molar-refractivity contribution in [1.82, 2.24) is 9.97 Å². The van der Waals surface area contributed by atoms with Gasteiger partial charge in [-0.15, -0.1) is 0 Å². The lowest BCUT2D eigenvalue weighted by atomic mass is 10.3. The molecule has 0 aliphatic heterocycles. The Balaban J connectivity index is 2.69. The van der Waals surface area contributed by atoms with Crippen LogP contribution in [0.3, 0.4) is 0 Å². The van der Waals surface area contributed by atoms with Gasteiger partial charge in [0.25, 0.3) is 0 Å². The molecule has 0 saturated heterocycles. The first-order valence-electron chi connectivity index (χ1n) is 3.57. The highest BCUT2D eigenvalue weighted by atomic mass is 32.2. The third-order valence-corrected chi connectivity index (χ3v) is 2.20. The van der Waals surface area contributed by atoms with Crippen molar-refractivity contribution in [2.45, 2.75) is 5.03 Å². The van der Waals surface area contributed by atoms with Gasteiger partial charge in [0.1, 0.15) is 5.03 Å². The molecule has 0 saturated carbocycles. The Hall–Kier alpha value is -1.33. The van der Waals surface area contributed by atoms with Crippen LogP contribution < -0.4 is 0 Å². The van der Waals surface area contributed by atoms with Gasteiger partial charge in [-0.1, -0.05) is 0 Å². The molecule has 0 spiro atoms. The van der Waals surface area contributed by atoms with E-state index in [1.165, 1.54) is 12.3 Å². The van der Waals surface area contributed by atoms with Gasteiger partial charge in [-0.2, -0.15) is 0 Å². The average Bonchev–Trinajstić information content (AvgIpc) is 2.17. The zero-order valence-corrected chi connectivity index (χ0v) is 7.32. The van der Waals surface area contributed by atoms with Crippen molar-refractivity contribution >= 4 is 22.0 Å². The minimum absolute atomic E-state index is 0.0196. The number of pyridine rings is 2. The zero-order chi connectivity index (χ0) is 9.26. The number of nitrogens with zero attached hydrogens (tertiary/aromatic N) is 2. The van der Waals surface area contributed by atoms with Gasteiger partial charge in [0.2, 0.25) is 0 Å². The molecule has 0 aliphatic rings. The van der Waals surface area contributed by atoms with E-state index in [2.05, 4.69) is 9.97 Å². The summed E-state index contributed by atoms with van der Waals surface area (Å²) < 4.78 is 21.1. The van der Waals surface area contributed by atoms with Gasteiger partial charge in [0.15, 0.2) is 0 Å². The van der Waals surface area contributed by atoms with E-state index in [1.54, 1.807) is 12.3 Å². The molecule has 4 nitrogen and oxygen atoms in total. The third-order valence-electron chi connectivity index (χ3n) is 1.63. The SMILES string of the molecule is O=S([O-])c1cc2ncccc2cn1.